The summed E-state index contributed by atoms with van der Waals surface area (Å²) < 4.78 is 11.2. The van der Waals surface area contributed by atoms with Crippen molar-refractivity contribution in [3.63, 3.8) is 0 Å². The van der Waals surface area contributed by atoms with Crippen LogP contribution in [0.4, 0.5) is 0 Å². The highest BCUT2D eigenvalue weighted by molar-refractivity contribution is 7.83. The minimum atomic E-state index is -0.899. The second-order valence-electron chi connectivity index (χ2n) is 4.63. The third-order valence-electron chi connectivity index (χ3n) is 2.94. The van der Waals surface area contributed by atoms with Crippen molar-refractivity contribution in [2.45, 2.75) is 19.2 Å². The smallest absolute Gasteiger partial charge is 0.251 e. The molecule has 0 bridgehead atoms. The van der Waals surface area contributed by atoms with Crippen molar-refractivity contribution in [1.29, 1.82) is 0 Å². The number of nitrogens with one attached hydrogen (secondary N) is 1. The number of carbonyl (C=O) groups excluding carboxylic acids is 1. The number of rotatable bonds is 5. The van der Waals surface area contributed by atoms with Crippen LogP contribution >= 0.6 is 11.3 Å². The predicted molar refractivity (Wildman–Crippen MR) is 84.4 cm³/mol. The van der Waals surface area contributed by atoms with Crippen LogP contribution in [0.3, 0.4) is 0 Å². The SMILES string of the molecule is Cc1ccsc1CNC(=O)c1cccc(CS(C)=O)c1. The molecule has 20 heavy (non-hydrogen) atoms. The average Bonchev–Trinajstić information content (AvgIpc) is 2.81. The summed E-state index contributed by atoms with van der Waals surface area (Å²) in [6.07, 6.45) is 1.66. The third-order valence-corrected chi connectivity index (χ3v) is 4.70. The van der Waals surface area contributed by atoms with E-state index >= 15 is 0 Å². The lowest BCUT2D eigenvalue weighted by atomic mass is 10.1. The molecule has 0 aliphatic rings. The minimum absolute atomic E-state index is 0.0958. The average molecular weight is 307 g/mol. The standard InChI is InChI=1S/C15H17NO2S2/c1-11-6-7-19-14(11)9-16-15(17)13-5-3-4-12(8-13)10-20(2)18/h3-8H,9-10H2,1-2H3,(H,16,17). The Balaban J connectivity index is 2.02. The highest BCUT2D eigenvalue weighted by Crippen LogP contribution is 2.15. The van der Waals surface area contributed by atoms with Gasteiger partial charge in [-0.1, -0.05) is 12.1 Å². The van der Waals surface area contributed by atoms with E-state index in [1.165, 1.54) is 10.4 Å². The van der Waals surface area contributed by atoms with Crippen molar-refractivity contribution in [3.05, 3.63) is 57.3 Å². The lowest BCUT2D eigenvalue weighted by Gasteiger charge is -2.06. The Hall–Kier alpha value is -1.46. The van der Waals surface area contributed by atoms with Gasteiger partial charge in [0, 0.05) is 33.2 Å². The van der Waals surface area contributed by atoms with E-state index in [1.807, 2.05) is 30.5 Å². The largest absolute Gasteiger partial charge is 0.347 e. The maximum Gasteiger partial charge on any atom is 0.251 e. The molecular weight excluding hydrogens is 290 g/mol. The molecule has 3 nitrogen and oxygen atoms in total. The zero-order valence-electron chi connectivity index (χ0n) is 11.5. The fourth-order valence-electron chi connectivity index (χ4n) is 1.88. The van der Waals surface area contributed by atoms with Gasteiger partial charge >= 0.3 is 0 Å². The van der Waals surface area contributed by atoms with Crippen LogP contribution in [-0.2, 0) is 23.1 Å². The molecule has 0 spiro atoms. The summed E-state index contributed by atoms with van der Waals surface area (Å²) >= 11 is 1.64. The molecule has 5 heteroatoms. The van der Waals surface area contributed by atoms with Gasteiger partial charge in [-0.15, -0.1) is 11.3 Å². The number of thiophene rings is 1. The van der Waals surface area contributed by atoms with Gasteiger partial charge in [-0.25, -0.2) is 0 Å². The van der Waals surface area contributed by atoms with Gasteiger partial charge in [-0.3, -0.25) is 9.00 Å². The first kappa shape index (κ1) is 14.9. The summed E-state index contributed by atoms with van der Waals surface area (Å²) in [5.41, 5.74) is 2.73. The molecule has 1 amide bonds. The van der Waals surface area contributed by atoms with Gasteiger partial charge in [0.15, 0.2) is 0 Å². The summed E-state index contributed by atoms with van der Waals surface area (Å²) in [5.74, 6) is 0.382. The van der Waals surface area contributed by atoms with E-state index in [0.29, 0.717) is 17.9 Å². The van der Waals surface area contributed by atoms with Crippen LogP contribution in [0.15, 0.2) is 35.7 Å². The normalized spacial score (nSPS) is 12.1. The summed E-state index contributed by atoms with van der Waals surface area (Å²) in [6, 6.07) is 9.34. The van der Waals surface area contributed by atoms with Crippen molar-refractivity contribution in [2.75, 3.05) is 6.26 Å². The highest BCUT2D eigenvalue weighted by atomic mass is 32.2. The molecule has 0 saturated carbocycles. The van der Waals surface area contributed by atoms with Crippen LogP contribution in [0.5, 0.6) is 0 Å². The van der Waals surface area contributed by atoms with Crippen LogP contribution in [0.25, 0.3) is 0 Å². The number of benzene rings is 1. The van der Waals surface area contributed by atoms with Crippen LogP contribution in [-0.4, -0.2) is 16.4 Å². The summed E-state index contributed by atoms with van der Waals surface area (Å²) in [5, 5.41) is 4.94. The number of carbonyl (C=O) groups is 1. The Labute approximate surface area is 125 Å². The first-order chi connectivity index (χ1) is 9.56. The lowest BCUT2D eigenvalue weighted by molar-refractivity contribution is 0.0951. The second-order valence-corrected chi connectivity index (χ2v) is 7.06. The van der Waals surface area contributed by atoms with E-state index in [2.05, 4.69) is 5.32 Å². The summed E-state index contributed by atoms with van der Waals surface area (Å²) in [7, 11) is -0.899. The lowest BCUT2D eigenvalue weighted by Crippen LogP contribution is -2.22. The van der Waals surface area contributed by atoms with E-state index in [1.54, 1.807) is 29.7 Å². The molecule has 1 aromatic heterocycles. The topological polar surface area (TPSA) is 46.2 Å². The molecule has 1 heterocycles. The molecule has 0 fully saturated rings. The molecule has 0 radical (unpaired) electrons. The van der Waals surface area contributed by atoms with E-state index in [4.69, 9.17) is 0 Å². The maximum absolute atomic E-state index is 12.1. The number of aryl methyl sites for hydroxylation is 1. The summed E-state index contributed by atoms with van der Waals surface area (Å²) in [4.78, 5) is 13.3. The van der Waals surface area contributed by atoms with Gasteiger partial charge in [0.1, 0.15) is 0 Å². The van der Waals surface area contributed by atoms with Crippen LogP contribution in [0.1, 0.15) is 26.4 Å². The fourth-order valence-corrected chi connectivity index (χ4v) is 3.38. The Kier molecular flexibility index (Phi) is 5.09. The Morgan fingerprint density at radius 2 is 2.15 bits per heavy atom. The Morgan fingerprint density at radius 3 is 2.80 bits per heavy atom. The number of hydrogen-bond donors (Lipinski definition) is 1. The summed E-state index contributed by atoms with van der Waals surface area (Å²) in [6.45, 7) is 2.58. The zero-order chi connectivity index (χ0) is 14.5. The van der Waals surface area contributed by atoms with Crippen LogP contribution < -0.4 is 5.32 Å². The molecule has 0 aliphatic heterocycles. The molecule has 1 N–H and O–H groups in total. The van der Waals surface area contributed by atoms with Gasteiger partial charge in [0.2, 0.25) is 0 Å². The van der Waals surface area contributed by atoms with Gasteiger partial charge in [-0.05, 0) is 41.6 Å². The molecule has 0 saturated heterocycles. The van der Waals surface area contributed by atoms with Crippen molar-refractivity contribution >= 4 is 28.0 Å². The Morgan fingerprint density at radius 1 is 1.35 bits per heavy atom. The van der Waals surface area contributed by atoms with Crippen molar-refractivity contribution in [3.8, 4) is 0 Å². The van der Waals surface area contributed by atoms with E-state index < -0.39 is 10.8 Å². The molecule has 1 aromatic carbocycles. The molecule has 1 atom stereocenters. The van der Waals surface area contributed by atoms with Gasteiger partial charge in [0.25, 0.3) is 5.91 Å². The molecule has 2 rings (SSSR count). The molecule has 2 aromatic rings. The molecule has 1 unspecified atom stereocenters. The van der Waals surface area contributed by atoms with Crippen LogP contribution in [0, 0.1) is 6.92 Å². The quantitative estimate of drug-likeness (QED) is 0.923. The maximum atomic E-state index is 12.1. The van der Waals surface area contributed by atoms with Crippen LogP contribution in [0.2, 0.25) is 0 Å². The third kappa shape index (κ3) is 4.02. The highest BCUT2D eigenvalue weighted by Gasteiger charge is 2.08. The van der Waals surface area contributed by atoms with Gasteiger partial charge < -0.3 is 5.32 Å². The number of hydrogen-bond acceptors (Lipinski definition) is 3. The second kappa shape index (κ2) is 6.81. The minimum Gasteiger partial charge on any atom is -0.347 e. The van der Waals surface area contributed by atoms with Gasteiger partial charge in [0.05, 0.1) is 6.54 Å². The predicted octanol–water partition coefficient (Wildman–Crippen LogP) is 2.87. The Bertz CT molecular complexity index is 634. The fraction of sp³-hybridized carbons (Fsp3) is 0.267. The molecular formula is C15H17NO2S2. The number of amides is 1. The van der Waals surface area contributed by atoms with Crippen molar-refractivity contribution < 1.29 is 9.00 Å². The molecule has 0 aliphatic carbocycles. The van der Waals surface area contributed by atoms with E-state index in [0.717, 1.165) is 5.56 Å². The first-order valence-corrected chi connectivity index (χ1v) is 8.87. The molecule has 106 valence electrons. The monoisotopic (exact) mass is 307 g/mol. The zero-order valence-corrected chi connectivity index (χ0v) is 13.1. The first-order valence-electron chi connectivity index (χ1n) is 6.26. The van der Waals surface area contributed by atoms with E-state index in [9.17, 15) is 9.00 Å². The van der Waals surface area contributed by atoms with Crippen molar-refractivity contribution in [2.24, 2.45) is 0 Å². The van der Waals surface area contributed by atoms with E-state index in [-0.39, 0.29) is 5.91 Å². The van der Waals surface area contributed by atoms with Crippen molar-refractivity contribution in [1.82, 2.24) is 5.32 Å². The van der Waals surface area contributed by atoms with Gasteiger partial charge in [-0.2, -0.15) is 0 Å².